The zero-order valence-corrected chi connectivity index (χ0v) is 11.7. The van der Waals surface area contributed by atoms with E-state index in [2.05, 4.69) is 11.5 Å². The van der Waals surface area contributed by atoms with Crippen molar-refractivity contribution in [2.75, 3.05) is 6.61 Å². The summed E-state index contributed by atoms with van der Waals surface area (Å²) in [6.07, 6.45) is 7.91. The SMILES string of the molecule is NNC(CCCC1CCCO1)c1coc2ccccc12. The molecule has 1 saturated heterocycles. The Kier molecular flexibility index (Phi) is 4.35. The monoisotopic (exact) mass is 274 g/mol. The average Bonchev–Trinajstić information content (AvgIpc) is 3.13. The van der Waals surface area contributed by atoms with Crippen LogP contribution in [0.25, 0.3) is 11.0 Å². The van der Waals surface area contributed by atoms with Gasteiger partial charge in [0.05, 0.1) is 12.4 Å². The third-order valence-corrected chi connectivity index (χ3v) is 4.13. The summed E-state index contributed by atoms with van der Waals surface area (Å²) < 4.78 is 11.3. The first-order chi connectivity index (χ1) is 9.88. The van der Waals surface area contributed by atoms with E-state index in [1.165, 1.54) is 12.8 Å². The third-order valence-electron chi connectivity index (χ3n) is 4.13. The molecule has 1 aliphatic rings. The van der Waals surface area contributed by atoms with Crippen LogP contribution in [0.2, 0.25) is 0 Å². The zero-order valence-electron chi connectivity index (χ0n) is 11.7. The minimum Gasteiger partial charge on any atom is -0.464 e. The first kappa shape index (κ1) is 13.6. The van der Waals surface area contributed by atoms with E-state index in [4.69, 9.17) is 15.0 Å². The van der Waals surface area contributed by atoms with Crippen LogP contribution in [0.15, 0.2) is 34.9 Å². The van der Waals surface area contributed by atoms with Gasteiger partial charge in [-0.05, 0) is 38.2 Å². The van der Waals surface area contributed by atoms with Gasteiger partial charge in [0.25, 0.3) is 0 Å². The van der Waals surface area contributed by atoms with Gasteiger partial charge in [-0.3, -0.25) is 11.3 Å². The maximum Gasteiger partial charge on any atom is 0.134 e. The maximum absolute atomic E-state index is 5.73. The van der Waals surface area contributed by atoms with Crippen LogP contribution in [0.1, 0.15) is 43.7 Å². The van der Waals surface area contributed by atoms with Crippen LogP contribution >= 0.6 is 0 Å². The van der Waals surface area contributed by atoms with E-state index in [1.807, 2.05) is 24.5 Å². The van der Waals surface area contributed by atoms with Crippen molar-refractivity contribution < 1.29 is 9.15 Å². The number of nitrogens with one attached hydrogen (secondary N) is 1. The number of furan rings is 1. The summed E-state index contributed by atoms with van der Waals surface area (Å²) in [5.41, 5.74) is 4.99. The van der Waals surface area contributed by atoms with Crippen molar-refractivity contribution in [1.82, 2.24) is 5.43 Å². The lowest BCUT2D eigenvalue weighted by molar-refractivity contribution is 0.101. The standard InChI is InChI=1S/C16H22N2O2/c17-18-15(8-3-5-12-6-4-10-19-12)14-11-20-16-9-2-1-7-13(14)16/h1-2,7,9,11-12,15,18H,3-6,8,10,17H2. The maximum atomic E-state index is 5.73. The summed E-state index contributed by atoms with van der Waals surface area (Å²) in [5.74, 6) is 5.73. The molecule has 1 aromatic carbocycles. The van der Waals surface area contributed by atoms with Crippen LogP contribution in [-0.2, 0) is 4.74 Å². The molecule has 0 radical (unpaired) electrons. The lowest BCUT2D eigenvalue weighted by atomic mass is 9.99. The molecule has 4 heteroatoms. The largest absolute Gasteiger partial charge is 0.464 e. The van der Waals surface area contributed by atoms with Crippen LogP contribution < -0.4 is 11.3 Å². The second-order valence-electron chi connectivity index (χ2n) is 5.47. The van der Waals surface area contributed by atoms with Crippen molar-refractivity contribution >= 4 is 11.0 Å². The second-order valence-corrected chi connectivity index (χ2v) is 5.47. The molecule has 20 heavy (non-hydrogen) atoms. The number of hydrogen-bond acceptors (Lipinski definition) is 4. The smallest absolute Gasteiger partial charge is 0.134 e. The summed E-state index contributed by atoms with van der Waals surface area (Å²) in [6.45, 7) is 0.926. The molecule has 2 heterocycles. The Balaban J connectivity index is 1.63. The molecule has 2 aromatic rings. The molecule has 0 aliphatic carbocycles. The number of hydrogen-bond donors (Lipinski definition) is 2. The normalized spacial score (nSPS) is 20.6. The predicted molar refractivity (Wildman–Crippen MR) is 79.1 cm³/mol. The summed E-state index contributed by atoms with van der Waals surface area (Å²) >= 11 is 0. The molecule has 2 unspecified atom stereocenters. The van der Waals surface area contributed by atoms with E-state index in [9.17, 15) is 0 Å². The zero-order chi connectivity index (χ0) is 13.8. The van der Waals surface area contributed by atoms with Crippen LogP contribution in [-0.4, -0.2) is 12.7 Å². The fourth-order valence-corrected chi connectivity index (χ4v) is 3.02. The quantitative estimate of drug-likeness (QED) is 0.627. The molecular weight excluding hydrogens is 252 g/mol. The molecule has 108 valence electrons. The molecule has 1 fully saturated rings. The molecule has 4 nitrogen and oxygen atoms in total. The van der Waals surface area contributed by atoms with Gasteiger partial charge < -0.3 is 9.15 Å². The fourth-order valence-electron chi connectivity index (χ4n) is 3.02. The molecule has 1 aliphatic heterocycles. The first-order valence-electron chi connectivity index (χ1n) is 7.42. The van der Waals surface area contributed by atoms with E-state index < -0.39 is 0 Å². The van der Waals surface area contributed by atoms with Gasteiger partial charge in [-0.25, -0.2) is 0 Å². The second kappa shape index (κ2) is 6.39. The van der Waals surface area contributed by atoms with E-state index in [0.717, 1.165) is 42.4 Å². The van der Waals surface area contributed by atoms with Gasteiger partial charge in [0.2, 0.25) is 0 Å². The first-order valence-corrected chi connectivity index (χ1v) is 7.42. The number of nitrogens with two attached hydrogens (primary N) is 1. The van der Waals surface area contributed by atoms with Gasteiger partial charge in [-0.2, -0.15) is 0 Å². The molecule has 1 aromatic heterocycles. The fraction of sp³-hybridized carbons (Fsp3) is 0.500. The van der Waals surface area contributed by atoms with E-state index in [-0.39, 0.29) is 6.04 Å². The number of rotatable bonds is 6. The molecule has 2 atom stereocenters. The number of benzene rings is 1. The van der Waals surface area contributed by atoms with Gasteiger partial charge in [-0.1, -0.05) is 18.2 Å². The van der Waals surface area contributed by atoms with Crippen LogP contribution in [0, 0.1) is 0 Å². The average molecular weight is 274 g/mol. The van der Waals surface area contributed by atoms with Gasteiger partial charge in [0.1, 0.15) is 5.58 Å². The van der Waals surface area contributed by atoms with Gasteiger partial charge in [0.15, 0.2) is 0 Å². The van der Waals surface area contributed by atoms with Crippen LogP contribution in [0.4, 0.5) is 0 Å². The van der Waals surface area contributed by atoms with Crippen LogP contribution in [0.3, 0.4) is 0 Å². The molecule has 0 spiro atoms. The highest BCUT2D eigenvalue weighted by atomic mass is 16.5. The van der Waals surface area contributed by atoms with Crippen molar-refractivity contribution in [1.29, 1.82) is 0 Å². The summed E-state index contributed by atoms with van der Waals surface area (Å²) in [4.78, 5) is 0. The lowest BCUT2D eigenvalue weighted by Gasteiger charge is -2.16. The van der Waals surface area contributed by atoms with E-state index >= 15 is 0 Å². The third kappa shape index (κ3) is 2.87. The molecule has 3 N–H and O–H groups in total. The van der Waals surface area contributed by atoms with Crippen LogP contribution in [0.5, 0.6) is 0 Å². The van der Waals surface area contributed by atoms with E-state index in [1.54, 1.807) is 0 Å². The highest BCUT2D eigenvalue weighted by Crippen LogP contribution is 2.29. The Hall–Kier alpha value is -1.36. The number of fused-ring (bicyclic) bond motifs is 1. The number of para-hydroxylation sites is 1. The number of ether oxygens (including phenoxy) is 1. The van der Waals surface area contributed by atoms with Crippen molar-refractivity contribution in [2.24, 2.45) is 5.84 Å². The Labute approximate surface area is 119 Å². The Morgan fingerprint density at radius 3 is 3.05 bits per heavy atom. The van der Waals surface area contributed by atoms with Crippen molar-refractivity contribution in [3.63, 3.8) is 0 Å². The Bertz CT molecular complexity index is 546. The minimum absolute atomic E-state index is 0.139. The molecule has 0 amide bonds. The van der Waals surface area contributed by atoms with E-state index in [0.29, 0.717) is 6.10 Å². The summed E-state index contributed by atoms with van der Waals surface area (Å²) in [5, 5.41) is 1.15. The molecule has 3 rings (SSSR count). The highest BCUT2D eigenvalue weighted by Gasteiger charge is 2.18. The van der Waals surface area contributed by atoms with Crippen molar-refractivity contribution in [2.45, 2.75) is 44.2 Å². The predicted octanol–water partition coefficient (Wildman–Crippen LogP) is 3.29. The Morgan fingerprint density at radius 1 is 1.35 bits per heavy atom. The summed E-state index contributed by atoms with van der Waals surface area (Å²) in [7, 11) is 0. The molecular formula is C16H22N2O2. The van der Waals surface area contributed by atoms with Crippen molar-refractivity contribution in [3.8, 4) is 0 Å². The van der Waals surface area contributed by atoms with Gasteiger partial charge in [-0.15, -0.1) is 0 Å². The summed E-state index contributed by atoms with van der Waals surface area (Å²) in [6, 6.07) is 8.22. The minimum atomic E-state index is 0.139. The lowest BCUT2D eigenvalue weighted by Crippen LogP contribution is -2.28. The van der Waals surface area contributed by atoms with Gasteiger partial charge >= 0.3 is 0 Å². The molecule has 0 bridgehead atoms. The molecule has 0 saturated carbocycles. The number of hydrazine groups is 1. The van der Waals surface area contributed by atoms with Gasteiger partial charge in [0, 0.05) is 23.6 Å². The Morgan fingerprint density at radius 2 is 2.25 bits per heavy atom. The topological polar surface area (TPSA) is 60.4 Å². The van der Waals surface area contributed by atoms with Crippen molar-refractivity contribution in [3.05, 3.63) is 36.1 Å². The highest BCUT2D eigenvalue weighted by molar-refractivity contribution is 5.81.